The largest absolute Gasteiger partial charge is 0.487 e. The Morgan fingerprint density at radius 1 is 1.11 bits per heavy atom. The molecule has 38 heavy (non-hydrogen) atoms. The third kappa shape index (κ3) is 4.60. The highest BCUT2D eigenvalue weighted by atomic mass is 127. The number of rotatable bonds is 5. The van der Waals surface area contributed by atoms with Crippen molar-refractivity contribution in [3.8, 4) is 5.75 Å². The van der Waals surface area contributed by atoms with Gasteiger partial charge in [-0.3, -0.25) is 9.36 Å². The molecule has 1 aliphatic heterocycles. The molecule has 8 heteroatoms. The number of aromatic nitrogens is 1. The molecule has 1 aromatic heterocycles. The molecule has 0 N–H and O–H groups in total. The molecule has 4 aromatic rings. The first-order valence-corrected chi connectivity index (χ1v) is 15.0. The number of thiazole rings is 1. The Hall–Kier alpha value is -2.57. The van der Waals surface area contributed by atoms with Gasteiger partial charge < -0.3 is 4.74 Å². The second-order valence-electron chi connectivity index (χ2n) is 9.08. The molecule has 0 saturated carbocycles. The van der Waals surface area contributed by atoms with Gasteiger partial charge in [0.2, 0.25) is 0 Å². The van der Waals surface area contributed by atoms with Gasteiger partial charge in [-0.15, -0.1) is 0 Å². The second kappa shape index (κ2) is 10.5. The zero-order valence-electron chi connectivity index (χ0n) is 20.1. The van der Waals surface area contributed by atoms with Crippen LogP contribution >= 0.6 is 56.5 Å². The molecule has 1 aliphatic carbocycles. The Balaban J connectivity index is 1.55. The summed E-state index contributed by atoms with van der Waals surface area (Å²) < 4.78 is 24.0. The average Bonchev–Trinajstić information content (AvgIpc) is 3.22. The Morgan fingerprint density at radius 2 is 1.84 bits per heavy atom. The summed E-state index contributed by atoms with van der Waals surface area (Å²) in [6, 6.07) is 18.5. The molecule has 0 radical (unpaired) electrons. The zero-order valence-corrected chi connectivity index (χ0v) is 25.2. The van der Waals surface area contributed by atoms with Crippen molar-refractivity contribution in [1.82, 2.24) is 4.57 Å². The van der Waals surface area contributed by atoms with Crippen molar-refractivity contribution in [2.24, 2.45) is 4.99 Å². The molecule has 0 amide bonds. The van der Waals surface area contributed by atoms with E-state index in [9.17, 15) is 9.18 Å². The van der Waals surface area contributed by atoms with Crippen LogP contribution in [0.5, 0.6) is 5.75 Å². The SMILES string of the molecule is C=CCOc1c(I)cc(/C=c2/sc3n(c2=O)[C@@H](c2ccc(F)cc2)C2=C(N=3)c3ccccc3CC2)cc1I. The molecule has 6 rings (SSSR count). The summed E-state index contributed by atoms with van der Waals surface area (Å²) in [6.45, 7) is 4.15. The number of hydrogen-bond donors (Lipinski definition) is 0. The van der Waals surface area contributed by atoms with Gasteiger partial charge in [0.25, 0.3) is 5.56 Å². The van der Waals surface area contributed by atoms with E-state index >= 15 is 0 Å². The lowest BCUT2D eigenvalue weighted by Crippen LogP contribution is -2.38. The van der Waals surface area contributed by atoms with Crippen LogP contribution in [0.25, 0.3) is 11.8 Å². The monoisotopic (exact) mass is 746 g/mol. The highest BCUT2D eigenvalue weighted by Crippen LogP contribution is 2.41. The lowest BCUT2D eigenvalue weighted by Gasteiger charge is -2.30. The molecule has 190 valence electrons. The summed E-state index contributed by atoms with van der Waals surface area (Å²) in [7, 11) is 0. The van der Waals surface area contributed by atoms with E-state index in [1.807, 2.05) is 24.3 Å². The summed E-state index contributed by atoms with van der Waals surface area (Å²) in [5.41, 5.74) is 6.11. The zero-order chi connectivity index (χ0) is 26.4. The van der Waals surface area contributed by atoms with Crippen LogP contribution in [0.2, 0.25) is 0 Å². The van der Waals surface area contributed by atoms with Crippen LogP contribution in [0.15, 0.2) is 88.7 Å². The summed E-state index contributed by atoms with van der Waals surface area (Å²) in [5.74, 6) is 0.515. The highest BCUT2D eigenvalue weighted by molar-refractivity contribution is 14.1. The van der Waals surface area contributed by atoms with Gasteiger partial charge in [0.15, 0.2) is 4.80 Å². The van der Waals surface area contributed by atoms with E-state index in [0.29, 0.717) is 15.9 Å². The van der Waals surface area contributed by atoms with Crippen LogP contribution in [0, 0.1) is 13.0 Å². The van der Waals surface area contributed by atoms with E-state index in [2.05, 4.69) is 70.0 Å². The third-order valence-corrected chi connectivity index (χ3v) is 9.31. The smallest absolute Gasteiger partial charge is 0.271 e. The van der Waals surface area contributed by atoms with E-state index in [1.165, 1.54) is 29.0 Å². The Kier molecular flexibility index (Phi) is 7.12. The summed E-state index contributed by atoms with van der Waals surface area (Å²) in [6.07, 6.45) is 5.31. The van der Waals surface area contributed by atoms with Gasteiger partial charge in [0, 0.05) is 5.56 Å². The van der Waals surface area contributed by atoms with E-state index in [1.54, 1.807) is 22.8 Å². The minimum atomic E-state index is -0.327. The predicted octanol–water partition coefficient (Wildman–Crippen LogP) is 6.23. The average molecular weight is 746 g/mol. The van der Waals surface area contributed by atoms with Gasteiger partial charge in [-0.1, -0.05) is 60.4 Å². The quantitative estimate of drug-likeness (QED) is 0.180. The van der Waals surface area contributed by atoms with Crippen molar-refractivity contribution in [3.05, 3.63) is 134 Å². The van der Waals surface area contributed by atoms with E-state index < -0.39 is 0 Å². The van der Waals surface area contributed by atoms with Gasteiger partial charge in [-0.25, -0.2) is 9.38 Å². The number of hydrogen-bond acceptors (Lipinski definition) is 4. The van der Waals surface area contributed by atoms with Gasteiger partial charge >= 0.3 is 0 Å². The summed E-state index contributed by atoms with van der Waals surface area (Å²) in [4.78, 5) is 19.6. The summed E-state index contributed by atoms with van der Waals surface area (Å²) in [5, 5.41) is 0. The first kappa shape index (κ1) is 25.7. The van der Waals surface area contributed by atoms with Crippen LogP contribution in [0.3, 0.4) is 0 Å². The first-order valence-electron chi connectivity index (χ1n) is 12.1. The minimum absolute atomic E-state index is 0.0921. The second-order valence-corrected chi connectivity index (χ2v) is 12.4. The fourth-order valence-corrected chi connectivity index (χ4v) is 8.19. The number of aryl methyl sites for hydroxylation is 1. The molecule has 3 aromatic carbocycles. The maximum atomic E-state index is 13.9. The van der Waals surface area contributed by atoms with Crippen LogP contribution in [0.1, 0.15) is 34.7 Å². The molecule has 2 heterocycles. The Morgan fingerprint density at radius 3 is 2.58 bits per heavy atom. The van der Waals surface area contributed by atoms with Crippen LogP contribution < -0.4 is 19.6 Å². The van der Waals surface area contributed by atoms with Crippen molar-refractivity contribution < 1.29 is 9.13 Å². The molecule has 0 fully saturated rings. The maximum absolute atomic E-state index is 13.9. The number of fused-ring (bicyclic) bond motifs is 3. The van der Waals surface area contributed by atoms with Gasteiger partial charge in [-0.2, -0.15) is 0 Å². The number of halogens is 3. The molecule has 2 aliphatic rings. The Bertz CT molecular complexity index is 1780. The van der Waals surface area contributed by atoms with Gasteiger partial charge in [0.05, 0.1) is 23.4 Å². The van der Waals surface area contributed by atoms with Crippen molar-refractivity contribution in [1.29, 1.82) is 0 Å². The number of nitrogens with zero attached hydrogens (tertiary/aromatic N) is 2. The van der Waals surface area contributed by atoms with Gasteiger partial charge in [-0.05, 0) is 111 Å². The van der Waals surface area contributed by atoms with Crippen LogP contribution in [0.4, 0.5) is 4.39 Å². The standard InChI is InChI=1S/C30H21FI2N2O2S/c1-2-13-37-28-23(32)14-17(15-24(28)33)16-25-29(36)35-27(19-7-10-20(31)11-8-19)22-12-9-18-5-3-4-6-21(18)26(22)34-30(35)38-25/h2-8,10-11,14-16,27H,1,9,12-13H2/b25-16+/t27-/m0/s1. The van der Waals surface area contributed by atoms with Crippen LogP contribution in [-0.4, -0.2) is 11.2 Å². The lowest BCUT2D eigenvalue weighted by molar-refractivity contribution is 0.358. The molecule has 0 saturated heterocycles. The molecule has 0 spiro atoms. The van der Waals surface area contributed by atoms with Gasteiger partial charge in [0.1, 0.15) is 18.2 Å². The molecule has 1 atom stereocenters. The highest BCUT2D eigenvalue weighted by Gasteiger charge is 2.32. The maximum Gasteiger partial charge on any atom is 0.271 e. The molecular formula is C30H21FI2N2O2S. The first-order chi connectivity index (χ1) is 18.4. The van der Waals surface area contributed by atoms with Crippen molar-refractivity contribution >= 4 is 68.3 Å². The minimum Gasteiger partial charge on any atom is -0.487 e. The predicted molar refractivity (Wildman–Crippen MR) is 167 cm³/mol. The molecule has 0 bridgehead atoms. The molecular weight excluding hydrogens is 725 g/mol. The number of benzene rings is 3. The lowest BCUT2D eigenvalue weighted by atomic mass is 9.83. The number of ether oxygens (including phenoxy) is 1. The van der Waals surface area contributed by atoms with Crippen molar-refractivity contribution in [2.75, 3.05) is 6.61 Å². The fourth-order valence-electron chi connectivity index (χ4n) is 5.06. The normalized spacial score (nSPS) is 16.4. The van der Waals surface area contributed by atoms with Crippen molar-refractivity contribution in [2.45, 2.75) is 18.9 Å². The number of allylic oxidation sites excluding steroid dienone is 1. The topological polar surface area (TPSA) is 43.6 Å². The van der Waals surface area contributed by atoms with E-state index in [4.69, 9.17) is 9.73 Å². The van der Waals surface area contributed by atoms with E-state index in [0.717, 1.165) is 53.7 Å². The summed E-state index contributed by atoms with van der Waals surface area (Å²) >= 11 is 5.90. The fraction of sp³-hybridized carbons (Fsp3) is 0.133. The molecule has 4 nitrogen and oxygen atoms in total. The van der Waals surface area contributed by atoms with Crippen LogP contribution in [-0.2, 0) is 6.42 Å². The molecule has 0 unspecified atom stereocenters. The third-order valence-electron chi connectivity index (χ3n) is 6.72. The Labute approximate surface area is 250 Å². The van der Waals surface area contributed by atoms with Crippen molar-refractivity contribution in [3.63, 3.8) is 0 Å². The van der Waals surface area contributed by atoms with E-state index in [-0.39, 0.29) is 17.4 Å².